The smallest absolute Gasteiger partial charge is 0.126 e. The SMILES string of the molecule is C1=CC2C=CC2O1. The van der Waals surface area contributed by atoms with Crippen LogP contribution in [0.25, 0.3) is 0 Å². The van der Waals surface area contributed by atoms with Crippen LogP contribution in [0.1, 0.15) is 0 Å². The summed E-state index contributed by atoms with van der Waals surface area (Å²) < 4.78 is 5.08. The average Bonchev–Trinajstić information content (AvgIpc) is 1.85. The molecule has 0 amide bonds. The van der Waals surface area contributed by atoms with E-state index in [-0.39, 0.29) is 0 Å². The maximum Gasteiger partial charge on any atom is 0.126 e. The number of rotatable bonds is 0. The second-order valence-corrected chi connectivity index (χ2v) is 1.89. The molecule has 0 saturated carbocycles. The predicted molar refractivity (Wildman–Crippen MR) is 26.6 cm³/mol. The minimum atomic E-state index is 0.403. The summed E-state index contributed by atoms with van der Waals surface area (Å²) in [6.07, 6.45) is 8.47. The quantitative estimate of drug-likeness (QED) is 0.408. The highest BCUT2D eigenvalue weighted by Gasteiger charge is 2.25. The van der Waals surface area contributed by atoms with Gasteiger partial charge in [-0.1, -0.05) is 6.08 Å². The number of fused-ring (bicyclic) bond motifs is 1. The Morgan fingerprint density at radius 3 is 2.43 bits per heavy atom. The van der Waals surface area contributed by atoms with E-state index < -0.39 is 0 Å². The Hall–Kier alpha value is -0.720. The van der Waals surface area contributed by atoms with Crippen molar-refractivity contribution in [3.8, 4) is 0 Å². The minimum Gasteiger partial charge on any atom is -0.493 e. The molecular weight excluding hydrogens is 88.1 g/mol. The molecule has 2 atom stereocenters. The number of hydrogen-bond donors (Lipinski definition) is 0. The lowest BCUT2D eigenvalue weighted by molar-refractivity contribution is 0.177. The highest BCUT2D eigenvalue weighted by atomic mass is 16.5. The fourth-order valence-electron chi connectivity index (χ4n) is 0.867. The van der Waals surface area contributed by atoms with Gasteiger partial charge in [-0.2, -0.15) is 0 Å². The van der Waals surface area contributed by atoms with E-state index in [1.165, 1.54) is 0 Å². The first kappa shape index (κ1) is 3.30. The first-order chi connectivity index (χ1) is 3.47. The van der Waals surface area contributed by atoms with E-state index >= 15 is 0 Å². The summed E-state index contributed by atoms with van der Waals surface area (Å²) >= 11 is 0. The van der Waals surface area contributed by atoms with Gasteiger partial charge in [0.15, 0.2) is 0 Å². The summed E-state index contributed by atoms with van der Waals surface area (Å²) in [7, 11) is 0. The van der Waals surface area contributed by atoms with E-state index in [0.29, 0.717) is 12.0 Å². The molecule has 2 unspecified atom stereocenters. The van der Waals surface area contributed by atoms with Crippen LogP contribution in [0.4, 0.5) is 0 Å². The first-order valence-electron chi connectivity index (χ1n) is 2.47. The molecule has 1 heteroatoms. The van der Waals surface area contributed by atoms with Crippen molar-refractivity contribution in [1.29, 1.82) is 0 Å². The molecule has 0 bridgehead atoms. The van der Waals surface area contributed by atoms with Gasteiger partial charge in [0.05, 0.1) is 6.26 Å². The van der Waals surface area contributed by atoms with Crippen LogP contribution >= 0.6 is 0 Å². The van der Waals surface area contributed by atoms with Crippen molar-refractivity contribution >= 4 is 0 Å². The van der Waals surface area contributed by atoms with Gasteiger partial charge in [-0.15, -0.1) is 0 Å². The molecule has 0 radical (unpaired) electrons. The molecule has 0 aromatic carbocycles. The van der Waals surface area contributed by atoms with Gasteiger partial charge in [0.2, 0.25) is 0 Å². The van der Waals surface area contributed by atoms with Crippen LogP contribution in [-0.4, -0.2) is 6.10 Å². The van der Waals surface area contributed by atoms with Crippen LogP contribution in [0, 0.1) is 5.92 Å². The highest BCUT2D eigenvalue weighted by molar-refractivity contribution is 5.21. The van der Waals surface area contributed by atoms with E-state index in [1.54, 1.807) is 6.26 Å². The normalized spacial score (nSPS) is 42.3. The number of hydrogen-bond acceptors (Lipinski definition) is 1. The van der Waals surface area contributed by atoms with Gasteiger partial charge in [0.1, 0.15) is 6.10 Å². The van der Waals surface area contributed by atoms with Crippen molar-refractivity contribution in [2.24, 2.45) is 5.92 Å². The average molecular weight is 94.1 g/mol. The maximum atomic E-state index is 5.08. The van der Waals surface area contributed by atoms with Gasteiger partial charge in [0.25, 0.3) is 0 Å². The van der Waals surface area contributed by atoms with Crippen LogP contribution in [0.2, 0.25) is 0 Å². The molecule has 0 saturated heterocycles. The summed E-state index contributed by atoms with van der Waals surface area (Å²) in [6, 6.07) is 0. The fourth-order valence-corrected chi connectivity index (χ4v) is 0.867. The second kappa shape index (κ2) is 0.915. The van der Waals surface area contributed by atoms with Gasteiger partial charge in [-0.3, -0.25) is 0 Å². The third kappa shape index (κ3) is 0.279. The van der Waals surface area contributed by atoms with E-state index in [0.717, 1.165) is 0 Å². The Bertz CT molecular complexity index is 135. The third-order valence-corrected chi connectivity index (χ3v) is 1.44. The lowest BCUT2D eigenvalue weighted by atomic mass is 9.94. The van der Waals surface area contributed by atoms with Crippen LogP contribution in [0.5, 0.6) is 0 Å². The zero-order valence-electron chi connectivity index (χ0n) is 3.87. The molecule has 1 aliphatic carbocycles. The standard InChI is InChI=1S/C6H6O/c1-2-6-5(1)3-4-7-6/h1-6H. The summed E-state index contributed by atoms with van der Waals surface area (Å²) in [5, 5.41) is 0. The zero-order chi connectivity index (χ0) is 4.69. The van der Waals surface area contributed by atoms with Crippen molar-refractivity contribution in [3.63, 3.8) is 0 Å². The Morgan fingerprint density at radius 1 is 1.14 bits per heavy atom. The topological polar surface area (TPSA) is 9.23 Å². The molecule has 1 aliphatic heterocycles. The Kier molecular flexibility index (Phi) is 0.432. The van der Waals surface area contributed by atoms with Crippen molar-refractivity contribution in [2.75, 3.05) is 0 Å². The molecular formula is C6H6O. The molecule has 1 heterocycles. The summed E-state index contributed by atoms with van der Waals surface area (Å²) in [5.74, 6) is 0.611. The van der Waals surface area contributed by atoms with Crippen molar-refractivity contribution in [1.82, 2.24) is 0 Å². The van der Waals surface area contributed by atoms with E-state index in [4.69, 9.17) is 4.74 Å². The molecule has 36 valence electrons. The molecule has 0 spiro atoms. The Labute approximate surface area is 42.3 Å². The van der Waals surface area contributed by atoms with Gasteiger partial charge < -0.3 is 4.74 Å². The van der Waals surface area contributed by atoms with E-state index in [1.807, 2.05) is 0 Å². The molecule has 2 aliphatic rings. The first-order valence-corrected chi connectivity index (χ1v) is 2.47. The van der Waals surface area contributed by atoms with Gasteiger partial charge in [-0.05, 0) is 12.2 Å². The van der Waals surface area contributed by atoms with Crippen molar-refractivity contribution < 1.29 is 4.74 Å². The molecule has 0 aromatic rings. The third-order valence-electron chi connectivity index (χ3n) is 1.44. The summed E-state index contributed by atoms with van der Waals surface area (Å²) in [6.45, 7) is 0. The lowest BCUT2D eigenvalue weighted by Gasteiger charge is -2.18. The van der Waals surface area contributed by atoms with Gasteiger partial charge in [-0.25, -0.2) is 0 Å². The maximum absolute atomic E-state index is 5.08. The Balaban J connectivity index is 2.29. The predicted octanol–water partition coefficient (Wildman–Crippen LogP) is 1.08. The van der Waals surface area contributed by atoms with Crippen LogP contribution in [-0.2, 0) is 4.74 Å². The summed E-state index contributed by atoms with van der Waals surface area (Å²) in [4.78, 5) is 0. The minimum absolute atomic E-state index is 0.403. The number of ether oxygens (including phenoxy) is 1. The Morgan fingerprint density at radius 2 is 2.14 bits per heavy atom. The second-order valence-electron chi connectivity index (χ2n) is 1.89. The largest absolute Gasteiger partial charge is 0.493 e. The molecule has 0 fully saturated rings. The molecule has 2 rings (SSSR count). The zero-order valence-corrected chi connectivity index (χ0v) is 3.87. The van der Waals surface area contributed by atoms with Crippen LogP contribution in [0.15, 0.2) is 24.5 Å². The monoisotopic (exact) mass is 94.0 g/mol. The van der Waals surface area contributed by atoms with Gasteiger partial charge >= 0.3 is 0 Å². The summed E-state index contributed by atoms with van der Waals surface area (Å²) in [5.41, 5.74) is 0. The van der Waals surface area contributed by atoms with E-state index in [9.17, 15) is 0 Å². The molecule has 1 nitrogen and oxygen atoms in total. The van der Waals surface area contributed by atoms with Crippen molar-refractivity contribution in [2.45, 2.75) is 6.10 Å². The van der Waals surface area contributed by atoms with E-state index in [2.05, 4.69) is 18.2 Å². The molecule has 0 N–H and O–H groups in total. The van der Waals surface area contributed by atoms with Crippen LogP contribution in [0.3, 0.4) is 0 Å². The lowest BCUT2D eigenvalue weighted by Crippen LogP contribution is -2.18. The highest BCUT2D eigenvalue weighted by Crippen LogP contribution is 2.27. The fraction of sp³-hybridized carbons (Fsp3) is 0.333. The van der Waals surface area contributed by atoms with Crippen molar-refractivity contribution in [3.05, 3.63) is 24.5 Å². The molecule has 7 heavy (non-hydrogen) atoms. The van der Waals surface area contributed by atoms with Crippen LogP contribution < -0.4 is 0 Å². The van der Waals surface area contributed by atoms with Gasteiger partial charge in [0, 0.05) is 5.92 Å². The molecule has 0 aromatic heterocycles.